The summed E-state index contributed by atoms with van der Waals surface area (Å²) in [6, 6.07) is 6.20. The zero-order chi connectivity index (χ0) is 13.8. The minimum absolute atomic E-state index is 0.109. The zero-order valence-electron chi connectivity index (χ0n) is 11.1. The third-order valence-electron chi connectivity index (χ3n) is 3.80. The lowest BCUT2D eigenvalue weighted by Crippen LogP contribution is -2.30. The van der Waals surface area contributed by atoms with E-state index in [0.29, 0.717) is 5.56 Å². The molecule has 0 aromatic heterocycles. The number of rotatable bonds is 5. The standard InChI is InChI=1S/C15H19NO3/c1-16(9-8-11-4-2-5-11)14(17)12-6-3-7-13(10-12)15(18)19/h3,6-7,10-11H,2,4-5,8-9H2,1H3,(H,18,19). The van der Waals surface area contributed by atoms with Crippen LogP contribution in [-0.2, 0) is 0 Å². The fourth-order valence-electron chi connectivity index (χ4n) is 2.26. The van der Waals surface area contributed by atoms with E-state index in [2.05, 4.69) is 0 Å². The van der Waals surface area contributed by atoms with Crippen LogP contribution in [0.3, 0.4) is 0 Å². The summed E-state index contributed by atoms with van der Waals surface area (Å²) in [6.07, 6.45) is 4.90. The van der Waals surface area contributed by atoms with Crippen molar-refractivity contribution in [3.8, 4) is 0 Å². The van der Waals surface area contributed by atoms with Crippen molar-refractivity contribution >= 4 is 11.9 Å². The van der Waals surface area contributed by atoms with E-state index in [4.69, 9.17) is 5.11 Å². The predicted octanol–water partition coefficient (Wildman–Crippen LogP) is 2.65. The van der Waals surface area contributed by atoms with Crippen LogP contribution in [-0.4, -0.2) is 35.5 Å². The lowest BCUT2D eigenvalue weighted by Gasteiger charge is -2.27. The van der Waals surface area contributed by atoms with E-state index in [1.807, 2.05) is 0 Å². The SMILES string of the molecule is CN(CCC1CCC1)C(=O)c1cccc(C(=O)O)c1. The van der Waals surface area contributed by atoms with Crippen LogP contribution >= 0.6 is 0 Å². The Bertz CT molecular complexity index is 480. The highest BCUT2D eigenvalue weighted by atomic mass is 16.4. The molecule has 0 aliphatic heterocycles. The molecule has 19 heavy (non-hydrogen) atoms. The number of carbonyl (C=O) groups is 2. The number of nitrogens with zero attached hydrogens (tertiary/aromatic N) is 1. The topological polar surface area (TPSA) is 57.6 Å². The van der Waals surface area contributed by atoms with Crippen LogP contribution in [0.4, 0.5) is 0 Å². The Morgan fingerprint density at radius 2 is 2.00 bits per heavy atom. The van der Waals surface area contributed by atoms with E-state index in [1.165, 1.54) is 31.4 Å². The summed E-state index contributed by atoms with van der Waals surface area (Å²) in [4.78, 5) is 24.7. The van der Waals surface area contributed by atoms with Crippen LogP contribution in [0.25, 0.3) is 0 Å². The molecule has 1 fully saturated rings. The summed E-state index contributed by atoms with van der Waals surface area (Å²) in [5, 5.41) is 8.92. The Kier molecular flexibility index (Phi) is 4.20. The van der Waals surface area contributed by atoms with Crippen molar-refractivity contribution in [2.75, 3.05) is 13.6 Å². The average molecular weight is 261 g/mol. The molecule has 4 heteroatoms. The van der Waals surface area contributed by atoms with Gasteiger partial charge in [0, 0.05) is 19.2 Å². The van der Waals surface area contributed by atoms with Gasteiger partial charge in [-0.3, -0.25) is 4.79 Å². The van der Waals surface area contributed by atoms with E-state index >= 15 is 0 Å². The van der Waals surface area contributed by atoms with Crippen LogP contribution in [0.5, 0.6) is 0 Å². The molecule has 4 nitrogen and oxygen atoms in total. The highest BCUT2D eigenvalue weighted by Crippen LogP contribution is 2.29. The first kappa shape index (κ1) is 13.6. The molecule has 1 saturated carbocycles. The van der Waals surface area contributed by atoms with E-state index in [-0.39, 0.29) is 11.5 Å². The summed E-state index contributed by atoms with van der Waals surface area (Å²) >= 11 is 0. The highest BCUT2D eigenvalue weighted by molar-refractivity contribution is 5.97. The summed E-state index contributed by atoms with van der Waals surface area (Å²) < 4.78 is 0. The summed E-state index contributed by atoms with van der Waals surface area (Å²) in [6.45, 7) is 0.737. The van der Waals surface area contributed by atoms with E-state index in [1.54, 1.807) is 24.1 Å². The second-order valence-electron chi connectivity index (χ2n) is 5.20. The Morgan fingerprint density at radius 1 is 1.32 bits per heavy atom. The number of carbonyl (C=O) groups excluding carboxylic acids is 1. The summed E-state index contributed by atoms with van der Waals surface area (Å²) in [5.41, 5.74) is 0.592. The maximum atomic E-state index is 12.2. The molecular weight excluding hydrogens is 242 g/mol. The van der Waals surface area contributed by atoms with Gasteiger partial charge in [0.1, 0.15) is 0 Å². The third-order valence-corrected chi connectivity index (χ3v) is 3.80. The molecule has 1 N–H and O–H groups in total. The minimum atomic E-state index is -1.01. The maximum Gasteiger partial charge on any atom is 0.335 e. The molecule has 0 unspecified atom stereocenters. The molecule has 0 atom stereocenters. The lowest BCUT2D eigenvalue weighted by molar-refractivity contribution is 0.0697. The van der Waals surface area contributed by atoms with Gasteiger partial charge in [-0.2, -0.15) is 0 Å². The smallest absolute Gasteiger partial charge is 0.335 e. The normalized spacial score (nSPS) is 14.8. The van der Waals surface area contributed by atoms with Gasteiger partial charge < -0.3 is 10.0 Å². The van der Waals surface area contributed by atoms with E-state index < -0.39 is 5.97 Å². The van der Waals surface area contributed by atoms with E-state index in [0.717, 1.165) is 18.9 Å². The zero-order valence-corrected chi connectivity index (χ0v) is 11.1. The summed E-state index contributed by atoms with van der Waals surface area (Å²) in [5.74, 6) is -0.352. The largest absolute Gasteiger partial charge is 0.478 e. The van der Waals surface area contributed by atoms with Crippen LogP contribution in [0, 0.1) is 5.92 Å². The molecule has 0 spiro atoms. The maximum absolute atomic E-state index is 12.2. The van der Waals surface area contributed by atoms with Crippen molar-refractivity contribution in [1.29, 1.82) is 0 Å². The van der Waals surface area contributed by atoms with Gasteiger partial charge in [0.05, 0.1) is 5.56 Å². The number of carboxylic acids is 1. The van der Waals surface area contributed by atoms with Gasteiger partial charge in [0.25, 0.3) is 5.91 Å². The Hall–Kier alpha value is -1.84. The average Bonchev–Trinajstić information content (AvgIpc) is 2.36. The monoisotopic (exact) mass is 261 g/mol. The Labute approximate surface area is 113 Å². The molecule has 1 aromatic carbocycles. The van der Waals surface area contributed by atoms with Crippen molar-refractivity contribution in [3.05, 3.63) is 35.4 Å². The van der Waals surface area contributed by atoms with Crippen LogP contribution < -0.4 is 0 Å². The van der Waals surface area contributed by atoms with Gasteiger partial charge in [-0.15, -0.1) is 0 Å². The molecule has 1 aliphatic carbocycles. The second kappa shape index (κ2) is 5.87. The molecule has 1 amide bonds. The van der Waals surface area contributed by atoms with Crippen LogP contribution in [0.15, 0.2) is 24.3 Å². The number of carboxylic acid groups (broad SMARTS) is 1. The number of hydrogen-bond donors (Lipinski definition) is 1. The van der Waals surface area contributed by atoms with Crippen molar-refractivity contribution < 1.29 is 14.7 Å². The molecule has 1 aliphatic rings. The Morgan fingerprint density at radius 3 is 2.58 bits per heavy atom. The number of aromatic carboxylic acids is 1. The van der Waals surface area contributed by atoms with Crippen molar-refractivity contribution in [2.24, 2.45) is 5.92 Å². The third kappa shape index (κ3) is 3.34. The fourth-order valence-corrected chi connectivity index (χ4v) is 2.26. The fraction of sp³-hybridized carbons (Fsp3) is 0.467. The molecule has 1 aromatic rings. The van der Waals surface area contributed by atoms with Gasteiger partial charge in [-0.1, -0.05) is 25.3 Å². The molecule has 0 radical (unpaired) electrons. The Balaban J connectivity index is 1.97. The molecule has 0 bridgehead atoms. The quantitative estimate of drug-likeness (QED) is 0.886. The highest BCUT2D eigenvalue weighted by Gasteiger charge is 2.19. The molecule has 2 rings (SSSR count). The van der Waals surface area contributed by atoms with Gasteiger partial charge >= 0.3 is 5.97 Å². The molecule has 0 saturated heterocycles. The van der Waals surface area contributed by atoms with Gasteiger partial charge in [0.15, 0.2) is 0 Å². The number of hydrogen-bond acceptors (Lipinski definition) is 2. The van der Waals surface area contributed by atoms with Crippen LogP contribution in [0.1, 0.15) is 46.4 Å². The van der Waals surface area contributed by atoms with E-state index in [9.17, 15) is 9.59 Å². The first-order valence-electron chi connectivity index (χ1n) is 6.67. The van der Waals surface area contributed by atoms with Gasteiger partial charge in [0.2, 0.25) is 0 Å². The number of benzene rings is 1. The number of amides is 1. The predicted molar refractivity (Wildman–Crippen MR) is 72.3 cm³/mol. The van der Waals surface area contributed by atoms with Crippen molar-refractivity contribution in [1.82, 2.24) is 4.90 Å². The van der Waals surface area contributed by atoms with Crippen molar-refractivity contribution in [3.63, 3.8) is 0 Å². The molecule has 0 heterocycles. The van der Waals surface area contributed by atoms with Gasteiger partial charge in [-0.25, -0.2) is 4.79 Å². The first-order valence-corrected chi connectivity index (χ1v) is 6.67. The summed E-state index contributed by atoms with van der Waals surface area (Å²) in [7, 11) is 1.77. The molecular formula is C15H19NO3. The lowest BCUT2D eigenvalue weighted by atomic mass is 9.83. The minimum Gasteiger partial charge on any atom is -0.478 e. The second-order valence-corrected chi connectivity index (χ2v) is 5.20. The molecule has 102 valence electrons. The first-order chi connectivity index (χ1) is 9.08. The van der Waals surface area contributed by atoms with Crippen molar-refractivity contribution in [2.45, 2.75) is 25.7 Å². The van der Waals surface area contributed by atoms with Gasteiger partial charge in [-0.05, 0) is 30.5 Å². The van der Waals surface area contributed by atoms with Crippen LogP contribution in [0.2, 0.25) is 0 Å².